The van der Waals surface area contributed by atoms with Crippen molar-refractivity contribution in [2.75, 3.05) is 25.6 Å². The minimum absolute atomic E-state index is 0.211. The lowest BCUT2D eigenvalue weighted by molar-refractivity contribution is -0.118. The number of aryl methyl sites for hydroxylation is 2. The van der Waals surface area contributed by atoms with Gasteiger partial charge in [0.2, 0.25) is 0 Å². The summed E-state index contributed by atoms with van der Waals surface area (Å²) < 4.78 is 16.1. The predicted octanol–water partition coefficient (Wildman–Crippen LogP) is 5.89. The third kappa shape index (κ3) is 5.41. The van der Waals surface area contributed by atoms with Gasteiger partial charge in [-0.2, -0.15) is 0 Å². The van der Waals surface area contributed by atoms with Gasteiger partial charge in [-0.05, 0) is 62.2 Å². The molecule has 0 saturated heterocycles. The van der Waals surface area contributed by atoms with Gasteiger partial charge in [-0.1, -0.05) is 23.7 Å². The van der Waals surface area contributed by atoms with Gasteiger partial charge in [0.25, 0.3) is 5.91 Å². The predicted molar refractivity (Wildman–Crippen MR) is 127 cm³/mol. The summed E-state index contributed by atoms with van der Waals surface area (Å²) in [7, 11) is 1.31. The van der Waals surface area contributed by atoms with Gasteiger partial charge in [0, 0.05) is 15.5 Å². The third-order valence-corrected chi connectivity index (χ3v) is 6.12. The highest BCUT2D eigenvalue weighted by Crippen LogP contribution is 2.40. The van der Waals surface area contributed by atoms with Crippen LogP contribution in [-0.2, 0) is 9.53 Å². The van der Waals surface area contributed by atoms with Crippen LogP contribution in [0, 0.1) is 13.8 Å². The van der Waals surface area contributed by atoms with Crippen LogP contribution in [0.1, 0.15) is 27.7 Å². The second-order valence-electron chi connectivity index (χ2n) is 6.93. The zero-order chi connectivity index (χ0) is 23.3. The average molecular weight is 474 g/mol. The molecule has 1 heterocycles. The number of methoxy groups -OCH3 is 1. The normalized spacial score (nSPS) is 10.5. The molecule has 1 aromatic heterocycles. The van der Waals surface area contributed by atoms with E-state index in [1.165, 1.54) is 18.4 Å². The fourth-order valence-corrected chi connectivity index (χ4v) is 4.38. The van der Waals surface area contributed by atoms with Gasteiger partial charge in [-0.25, -0.2) is 4.79 Å². The van der Waals surface area contributed by atoms with Crippen molar-refractivity contribution in [2.45, 2.75) is 20.8 Å². The quantitative estimate of drug-likeness (QED) is 0.413. The van der Waals surface area contributed by atoms with Crippen molar-refractivity contribution in [1.82, 2.24) is 0 Å². The number of esters is 1. The number of anilines is 1. The molecule has 0 bridgehead atoms. The average Bonchev–Trinajstić information content (AvgIpc) is 3.10. The highest BCUT2D eigenvalue weighted by Gasteiger charge is 2.25. The minimum atomic E-state index is -0.525. The molecule has 0 fully saturated rings. The van der Waals surface area contributed by atoms with Crippen molar-refractivity contribution in [2.24, 2.45) is 0 Å². The number of ether oxygens (including phenoxy) is 3. The molecule has 3 aromatic rings. The van der Waals surface area contributed by atoms with E-state index in [2.05, 4.69) is 5.32 Å². The number of rotatable bonds is 8. The first-order valence-corrected chi connectivity index (χ1v) is 11.2. The van der Waals surface area contributed by atoms with Gasteiger partial charge in [0.05, 0.1) is 13.7 Å². The van der Waals surface area contributed by atoms with Crippen molar-refractivity contribution < 1.29 is 23.8 Å². The first-order chi connectivity index (χ1) is 15.3. The van der Waals surface area contributed by atoms with Gasteiger partial charge in [0.1, 0.15) is 22.1 Å². The summed E-state index contributed by atoms with van der Waals surface area (Å²) in [6, 6.07) is 12.6. The van der Waals surface area contributed by atoms with Crippen LogP contribution in [-0.4, -0.2) is 32.2 Å². The standard InChI is InChI=1S/C24H24ClNO5S/c1-5-30-17-8-6-16(7-9-17)21-15(3)32-23(22(21)24(28)29-4)26-20(27)13-31-18-10-11-19(25)14(2)12-18/h6-12H,5,13H2,1-4H3,(H,26,27). The molecule has 32 heavy (non-hydrogen) atoms. The van der Waals surface area contributed by atoms with Crippen LogP contribution in [0.4, 0.5) is 5.00 Å². The molecule has 0 atom stereocenters. The fourth-order valence-electron chi connectivity index (χ4n) is 3.18. The maximum absolute atomic E-state index is 12.6. The van der Waals surface area contributed by atoms with E-state index < -0.39 is 5.97 Å². The van der Waals surface area contributed by atoms with E-state index in [4.69, 9.17) is 25.8 Å². The van der Waals surface area contributed by atoms with E-state index in [1.54, 1.807) is 18.2 Å². The summed E-state index contributed by atoms with van der Waals surface area (Å²) in [5.41, 5.74) is 2.71. The molecule has 8 heteroatoms. The summed E-state index contributed by atoms with van der Waals surface area (Å²) in [5.74, 6) is 0.365. The molecule has 0 aliphatic carbocycles. The lowest BCUT2D eigenvalue weighted by Crippen LogP contribution is -2.21. The Kier molecular flexibility index (Phi) is 7.77. The van der Waals surface area contributed by atoms with E-state index in [9.17, 15) is 9.59 Å². The maximum atomic E-state index is 12.6. The molecule has 1 N–H and O–H groups in total. The smallest absolute Gasteiger partial charge is 0.341 e. The molecular formula is C24H24ClNO5S. The molecule has 0 spiro atoms. The Morgan fingerprint density at radius 1 is 1.03 bits per heavy atom. The number of hydrogen-bond donors (Lipinski definition) is 1. The van der Waals surface area contributed by atoms with Crippen LogP contribution in [0.2, 0.25) is 5.02 Å². The van der Waals surface area contributed by atoms with Crippen LogP contribution in [0.3, 0.4) is 0 Å². The molecule has 0 radical (unpaired) electrons. The van der Waals surface area contributed by atoms with Gasteiger partial charge < -0.3 is 19.5 Å². The number of amides is 1. The summed E-state index contributed by atoms with van der Waals surface area (Å²) >= 11 is 7.33. The molecule has 0 saturated carbocycles. The number of thiophene rings is 1. The zero-order valence-corrected chi connectivity index (χ0v) is 19.9. The van der Waals surface area contributed by atoms with Crippen molar-refractivity contribution in [3.63, 3.8) is 0 Å². The Balaban J connectivity index is 1.83. The van der Waals surface area contributed by atoms with E-state index in [0.717, 1.165) is 27.3 Å². The minimum Gasteiger partial charge on any atom is -0.494 e. The summed E-state index contributed by atoms with van der Waals surface area (Å²) in [6.07, 6.45) is 0. The molecule has 3 rings (SSSR count). The second kappa shape index (κ2) is 10.5. The number of halogens is 1. The molecule has 168 valence electrons. The van der Waals surface area contributed by atoms with Crippen molar-refractivity contribution in [1.29, 1.82) is 0 Å². The summed E-state index contributed by atoms with van der Waals surface area (Å²) in [5, 5.41) is 3.83. The van der Waals surface area contributed by atoms with Crippen molar-refractivity contribution in [3.8, 4) is 22.6 Å². The number of carbonyl (C=O) groups is 2. The van der Waals surface area contributed by atoms with E-state index in [0.29, 0.717) is 27.9 Å². The van der Waals surface area contributed by atoms with Crippen LogP contribution < -0.4 is 14.8 Å². The summed E-state index contributed by atoms with van der Waals surface area (Å²) in [4.78, 5) is 26.0. The van der Waals surface area contributed by atoms with Crippen LogP contribution in [0.5, 0.6) is 11.5 Å². The Morgan fingerprint density at radius 2 is 1.72 bits per heavy atom. The molecule has 0 aliphatic rings. The Morgan fingerprint density at radius 3 is 2.34 bits per heavy atom. The molecule has 6 nitrogen and oxygen atoms in total. The first-order valence-electron chi connectivity index (χ1n) is 9.97. The number of carbonyl (C=O) groups excluding carboxylic acids is 2. The van der Waals surface area contributed by atoms with Crippen LogP contribution >= 0.6 is 22.9 Å². The molecule has 1 amide bonds. The van der Waals surface area contributed by atoms with E-state index in [-0.39, 0.29) is 12.5 Å². The molecule has 0 aliphatic heterocycles. The SMILES string of the molecule is CCOc1ccc(-c2c(C)sc(NC(=O)COc3ccc(Cl)c(C)c3)c2C(=O)OC)cc1. The van der Waals surface area contributed by atoms with Crippen molar-refractivity contribution >= 4 is 39.8 Å². The lowest BCUT2D eigenvalue weighted by Gasteiger charge is -2.10. The van der Waals surface area contributed by atoms with Gasteiger partial charge in [-0.3, -0.25) is 4.79 Å². The maximum Gasteiger partial charge on any atom is 0.341 e. The van der Waals surface area contributed by atoms with Crippen molar-refractivity contribution in [3.05, 3.63) is 63.5 Å². The third-order valence-electron chi connectivity index (χ3n) is 4.68. The fraction of sp³-hybridized carbons (Fsp3) is 0.250. The van der Waals surface area contributed by atoms with E-state index in [1.807, 2.05) is 45.0 Å². The monoisotopic (exact) mass is 473 g/mol. The highest BCUT2D eigenvalue weighted by atomic mass is 35.5. The molecule has 0 unspecified atom stereocenters. The van der Waals surface area contributed by atoms with Gasteiger partial charge in [-0.15, -0.1) is 11.3 Å². The van der Waals surface area contributed by atoms with Crippen LogP contribution in [0.25, 0.3) is 11.1 Å². The topological polar surface area (TPSA) is 73.9 Å². The largest absolute Gasteiger partial charge is 0.494 e. The Hall–Kier alpha value is -3.03. The number of benzene rings is 2. The summed E-state index contributed by atoms with van der Waals surface area (Å²) in [6.45, 7) is 6.02. The highest BCUT2D eigenvalue weighted by molar-refractivity contribution is 7.17. The zero-order valence-electron chi connectivity index (χ0n) is 18.3. The second-order valence-corrected chi connectivity index (χ2v) is 8.57. The Bertz CT molecular complexity index is 1120. The lowest BCUT2D eigenvalue weighted by atomic mass is 10.0. The van der Waals surface area contributed by atoms with Gasteiger partial charge in [0.15, 0.2) is 6.61 Å². The molecule has 2 aromatic carbocycles. The van der Waals surface area contributed by atoms with Crippen LogP contribution in [0.15, 0.2) is 42.5 Å². The van der Waals surface area contributed by atoms with Gasteiger partial charge >= 0.3 is 5.97 Å². The number of hydrogen-bond acceptors (Lipinski definition) is 6. The first kappa shape index (κ1) is 23.6. The molecular weight excluding hydrogens is 450 g/mol. The number of nitrogens with one attached hydrogen (secondary N) is 1. The Labute approximate surface area is 196 Å². The van der Waals surface area contributed by atoms with E-state index >= 15 is 0 Å².